The molecule has 0 radical (unpaired) electrons. The zero-order chi connectivity index (χ0) is 14.5. The maximum Gasteiger partial charge on any atom is 0.248 e. The molecule has 1 amide bonds. The van der Waals surface area contributed by atoms with Gasteiger partial charge in [0.15, 0.2) is 0 Å². The minimum absolute atomic E-state index is 0.194. The van der Waals surface area contributed by atoms with E-state index in [4.69, 9.17) is 23.2 Å². The van der Waals surface area contributed by atoms with E-state index in [0.29, 0.717) is 10.0 Å². The molecule has 2 aromatic rings. The summed E-state index contributed by atoms with van der Waals surface area (Å²) in [4.78, 5) is 11.8. The molecule has 2 aromatic carbocycles. The largest absolute Gasteiger partial charge is 0.322 e. The minimum atomic E-state index is -0.194. The third-order valence-electron chi connectivity index (χ3n) is 2.49. The van der Waals surface area contributed by atoms with Gasteiger partial charge in [0.2, 0.25) is 5.91 Å². The van der Waals surface area contributed by atoms with Crippen molar-refractivity contribution in [2.45, 2.75) is 0 Å². The van der Waals surface area contributed by atoms with Crippen LogP contribution >= 0.6 is 45.8 Å². The van der Waals surface area contributed by atoms with E-state index in [1.54, 1.807) is 36.4 Å². The molecule has 1 N–H and O–H groups in total. The molecule has 0 bridgehead atoms. The van der Waals surface area contributed by atoms with Gasteiger partial charge >= 0.3 is 0 Å². The Bertz CT molecular complexity index is 653. The summed E-state index contributed by atoms with van der Waals surface area (Å²) in [6, 6.07) is 12.6. The standard InChI is InChI=1S/C15H10Cl2INO/c16-11-4-1-10(2-5-11)3-8-15(20)19-14-7-6-12(17)9-13(14)18/h1-9H,(H,19,20)/b8-3+. The Labute approximate surface area is 140 Å². The van der Waals surface area contributed by atoms with E-state index in [1.165, 1.54) is 6.08 Å². The summed E-state index contributed by atoms with van der Waals surface area (Å²) in [7, 11) is 0. The summed E-state index contributed by atoms with van der Waals surface area (Å²) in [5.41, 5.74) is 1.65. The smallest absolute Gasteiger partial charge is 0.248 e. The van der Waals surface area contributed by atoms with Crippen LogP contribution in [0.4, 0.5) is 5.69 Å². The highest BCUT2D eigenvalue weighted by molar-refractivity contribution is 14.1. The average Bonchev–Trinajstić information content (AvgIpc) is 2.41. The highest BCUT2D eigenvalue weighted by atomic mass is 127. The third kappa shape index (κ3) is 4.51. The van der Waals surface area contributed by atoms with Gasteiger partial charge < -0.3 is 5.32 Å². The van der Waals surface area contributed by atoms with Gasteiger partial charge in [0.1, 0.15) is 0 Å². The first-order chi connectivity index (χ1) is 9.54. The van der Waals surface area contributed by atoms with Gasteiger partial charge in [-0.05, 0) is 64.6 Å². The first kappa shape index (κ1) is 15.4. The van der Waals surface area contributed by atoms with E-state index in [0.717, 1.165) is 14.8 Å². The summed E-state index contributed by atoms with van der Waals surface area (Å²) >= 11 is 13.8. The number of amides is 1. The molecule has 0 unspecified atom stereocenters. The van der Waals surface area contributed by atoms with Crippen LogP contribution in [0.25, 0.3) is 6.08 Å². The van der Waals surface area contributed by atoms with E-state index >= 15 is 0 Å². The number of halogens is 3. The molecular weight excluding hydrogens is 408 g/mol. The molecule has 2 nitrogen and oxygen atoms in total. The molecule has 0 aromatic heterocycles. The Morgan fingerprint density at radius 1 is 1.05 bits per heavy atom. The molecular formula is C15H10Cl2INO. The quantitative estimate of drug-likeness (QED) is 0.536. The van der Waals surface area contributed by atoms with Crippen LogP contribution in [-0.4, -0.2) is 5.91 Å². The van der Waals surface area contributed by atoms with E-state index in [9.17, 15) is 4.79 Å². The molecule has 0 aliphatic carbocycles. The van der Waals surface area contributed by atoms with Crippen LogP contribution in [0.3, 0.4) is 0 Å². The molecule has 0 aliphatic rings. The van der Waals surface area contributed by atoms with Gasteiger partial charge in [-0.2, -0.15) is 0 Å². The topological polar surface area (TPSA) is 29.1 Å². The summed E-state index contributed by atoms with van der Waals surface area (Å²) in [6.07, 6.45) is 3.21. The van der Waals surface area contributed by atoms with Crippen LogP contribution in [0.5, 0.6) is 0 Å². The molecule has 0 heterocycles. The van der Waals surface area contributed by atoms with Crippen molar-refractivity contribution in [3.05, 3.63) is 67.7 Å². The highest BCUT2D eigenvalue weighted by Crippen LogP contribution is 2.22. The van der Waals surface area contributed by atoms with E-state index in [2.05, 4.69) is 27.9 Å². The predicted molar refractivity (Wildman–Crippen MR) is 93.3 cm³/mol. The highest BCUT2D eigenvalue weighted by Gasteiger charge is 2.03. The lowest BCUT2D eigenvalue weighted by Crippen LogP contribution is -2.08. The second kappa shape index (κ2) is 7.11. The second-order valence-electron chi connectivity index (χ2n) is 4.00. The predicted octanol–water partition coefficient (Wildman–Crippen LogP) is 5.25. The van der Waals surface area contributed by atoms with Crippen molar-refractivity contribution in [1.29, 1.82) is 0 Å². The van der Waals surface area contributed by atoms with Crippen molar-refractivity contribution in [3.8, 4) is 0 Å². The van der Waals surface area contributed by atoms with Gasteiger partial charge in [0.25, 0.3) is 0 Å². The number of rotatable bonds is 3. The number of nitrogens with one attached hydrogen (secondary N) is 1. The minimum Gasteiger partial charge on any atom is -0.322 e. The van der Waals surface area contributed by atoms with Crippen LogP contribution in [0.1, 0.15) is 5.56 Å². The van der Waals surface area contributed by atoms with Crippen LogP contribution in [0.2, 0.25) is 10.0 Å². The summed E-state index contributed by atoms with van der Waals surface area (Å²) in [5, 5.41) is 4.11. The van der Waals surface area contributed by atoms with Gasteiger partial charge in [-0.15, -0.1) is 0 Å². The number of carbonyl (C=O) groups is 1. The van der Waals surface area contributed by atoms with Gasteiger partial charge in [0, 0.05) is 19.7 Å². The molecule has 0 saturated carbocycles. The van der Waals surface area contributed by atoms with E-state index < -0.39 is 0 Å². The molecule has 0 atom stereocenters. The van der Waals surface area contributed by atoms with Gasteiger partial charge in [-0.3, -0.25) is 4.79 Å². The SMILES string of the molecule is O=C(/C=C/c1ccc(Cl)cc1)Nc1ccc(Cl)cc1I. The van der Waals surface area contributed by atoms with Crippen molar-refractivity contribution < 1.29 is 4.79 Å². The first-order valence-corrected chi connectivity index (χ1v) is 7.58. The van der Waals surface area contributed by atoms with Crippen molar-refractivity contribution >= 4 is 63.5 Å². The van der Waals surface area contributed by atoms with E-state index in [-0.39, 0.29) is 5.91 Å². The maximum atomic E-state index is 11.8. The Hall–Kier alpha value is -1.04. The fourth-order valence-corrected chi connectivity index (χ4v) is 2.64. The fourth-order valence-electron chi connectivity index (χ4n) is 1.51. The zero-order valence-electron chi connectivity index (χ0n) is 10.2. The van der Waals surface area contributed by atoms with Crippen molar-refractivity contribution in [3.63, 3.8) is 0 Å². The third-order valence-corrected chi connectivity index (χ3v) is 3.87. The van der Waals surface area contributed by atoms with Gasteiger partial charge in [0.05, 0.1) is 5.69 Å². The number of carbonyl (C=O) groups excluding carboxylic acids is 1. The van der Waals surface area contributed by atoms with Gasteiger partial charge in [-0.25, -0.2) is 0 Å². The number of hydrogen-bond donors (Lipinski definition) is 1. The Morgan fingerprint density at radius 2 is 1.70 bits per heavy atom. The lowest BCUT2D eigenvalue weighted by Gasteiger charge is -2.05. The molecule has 0 spiro atoms. The first-order valence-electron chi connectivity index (χ1n) is 5.74. The monoisotopic (exact) mass is 417 g/mol. The Morgan fingerprint density at radius 3 is 2.35 bits per heavy atom. The van der Waals surface area contributed by atoms with Crippen molar-refractivity contribution in [2.24, 2.45) is 0 Å². The summed E-state index contributed by atoms with van der Waals surface area (Å²) < 4.78 is 0.892. The zero-order valence-corrected chi connectivity index (χ0v) is 13.9. The number of hydrogen-bond acceptors (Lipinski definition) is 1. The average molecular weight is 418 g/mol. The van der Waals surface area contributed by atoms with Crippen LogP contribution in [0, 0.1) is 3.57 Å². The van der Waals surface area contributed by atoms with Crippen LogP contribution < -0.4 is 5.32 Å². The summed E-state index contributed by atoms with van der Waals surface area (Å²) in [5.74, 6) is -0.194. The molecule has 20 heavy (non-hydrogen) atoms. The number of anilines is 1. The van der Waals surface area contributed by atoms with Crippen LogP contribution in [0.15, 0.2) is 48.5 Å². The Kier molecular flexibility index (Phi) is 5.46. The fraction of sp³-hybridized carbons (Fsp3) is 0. The lowest BCUT2D eigenvalue weighted by molar-refractivity contribution is -0.111. The molecule has 0 aliphatic heterocycles. The normalized spacial score (nSPS) is 10.8. The Balaban J connectivity index is 2.03. The van der Waals surface area contributed by atoms with E-state index in [1.807, 2.05) is 12.1 Å². The number of benzene rings is 2. The maximum absolute atomic E-state index is 11.8. The molecule has 0 saturated heterocycles. The van der Waals surface area contributed by atoms with Crippen molar-refractivity contribution in [1.82, 2.24) is 0 Å². The van der Waals surface area contributed by atoms with Gasteiger partial charge in [-0.1, -0.05) is 35.3 Å². The molecule has 5 heteroatoms. The second-order valence-corrected chi connectivity index (χ2v) is 6.03. The van der Waals surface area contributed by atoms with Crippen molar-refractivity contribution in [2.75, 3.05) is 5.32 Å². The molecule has 102 valence electrons. The van der Waals surface area contributed by atoms with Crippen LogP contribution in [-0.2, 0) is 4.79 Å². The summed E-state index contributed by atoms with van der Waals surface area (Å²) in [6.45, 7) is 0. The lowest BCUT2D eigenvalue weighted by atomic mass is 10.2. The molecule has 2 rings (SSSR count). The molecule has 0 fully saturated rings.